The van der Waals surface area contributed by atoms with Gasteiger partial charge in [0.25, 0.3) is 11.8 Å². The monoisotopic (exact) mass is 473 g/mol. The minimum absolute atomic E-state index is 0.0843. The summed E-state index contributed by atoms with van der Waals surface area (Å²) in [7, 11) is 0. The van der Waals surface area contributed by atoms with E-state index in [1.165, 1.54) is 12.3 Å². The summed E-state index contributed by atoms with van der Waals surface area (Å²) in [5.74, 6) is -0.541. The van der Waals surface area contributed by atoms with E-state index in [-0.39, 0.29) is 18.7 Å². The zero-order chi connectivity index (χ0) is 22.7. The molecule has 0 radical (unpaired) electrons. The standard InChI is InChI=1S/C22H17Cl2N3O5/c23-14-5-6-19(18(24)11-14)32-10-8-26-7-1-3-15(26)12-17-20(28)25-22(30)27(21(17)29)13-16-4-2-9-31-16/h1-7,9,11-12H,8,10,13H2,(H,25,28,30)/b17-12-. The Morgan fingerprint density at radius 3 is 2.69 bits per heavy atom. The molecule has 0 aliphatic carbocycles. The number of rotatable bonds is 7. The highest BCUT2D eigenvalue weighted by Gasteiger charge is 2.36. The van der Waals surface area contributed by atoms with Gasteiger partial charge in [0, 0.05) is 16.9 Å². The van der Waals surface area contributed by atoms with Crippen LogP contribution in [0, 0.1) is 0 Å². The van der Waals surface area contributed by atoms with Crippen molar-refractivity contribution in [3.05, 3.63) is 82.0 Å². The topological polar surface area (TPSA) is 93.8 Å². The Morgan fingerprint density at radius 2 is 1.94 bits per heavy atom. The molecular weight excluding hydrogens is 457 g/mol. The van der Waals surface area contributed by atoms with Crippen LogP contribution in [-0.2, 0) is 22.7 Å². The van der Waals surface area contributed by atoms with Gasteiger partial charge in [0.15, 0.2) is 0 Å². The Bertz CT molecular complexity index is 1200. The highest BCUT2D eigenvalue weighted by molar-refractivity contribution is 6.35. The van der Waals surface area contributed by atoms with Crippen molar-refractivity contribution in [2.75, 3.05) is 6.61 Å². The summed E-state index contributed by atoms with van der Waals surface area (Å²) in [6.07, 6.45) is 4.67. The van der Waals surface area contributed by atoms with Crippen molar-refractivity contribution in [2.45, 2.75) is 13.1 Å². The van der Waals surface area contributed by atoms with Gasteiger partial charge in [-0.3, -0.25) is 19.8 Å². The fourth-order valence-electron chi connectivity index (χ4n) is 3.15. The predicted octanol–water partition coefficient (Wildman–Crippen LogP) is 4.13. The van der Waals surface area contributed by atoms with E-state index in [4.69, 9.17) is 32.4 Å². The number of ether oxygens (including phenoxy) is 1. The van der Waals surface area contributed by atoms with Crippen LogP contribution in [0.25, 0.3) is 6.08 Å². The number of urea groups is 1. The van der Waals surface area contributed by atoms with Crippen LogP contribution in [0.5, 0.6) is 5.75 Å². The molecule has 1 fully saturated rings. The highest BCUT2D eigenvalue weighted by atomic mass is 35.5. The summed E-state index contributed by atoms with van der Waals surface area (Å²) < 4.78 is 12.7. The van der Waals surface area contributed by atoms with Gasteiger partial charge in [-0.15, -0.1) is 0 Å². The summed E-state index contributed by atoms with van der Waals surface area (Å²) in [6.45, 7) is 0.629. The number of hydrogen-bond donors (Lipinski definition) is 1. The van der Waals surface area contributed by atoms with E-state index in [9.17, 15) is 14.4 Å². The predicted molar refractivity (Wildman–Crippen MR) is 117 cm³/mol. The van der Waals surface area contributed by atoms with Crippen LogP contribution in [0.15, 0.2) is 64.9 Å². The molecule has 1 aliphatic rings. The molecule has 1 N–H and O–H groups in total. The number of hydrogen-bond acceptors (Lipinski definition) is 5. The van der Waals surface area contributed by atoms with Crippen molar-refractivity contribution in [3.63, 3.8) is 0 Å². The van der Waals surface area contributed by atoms with Gasteiger partial charge in [0.2, 0.25) is 0 Å². The number of barbiturate groups is 1. The Labute approximate surface area is 192 Å². The Kier molecular flexibility index (Phi) is 6.34. The first-order valence-electron chi connectivity index (χ1n) is 9.56. The average molecular weight is 474 g/mol. The maximum Gasteiger partial charge on any atom is 0.331 e. The van der Waals surface area contributed by atoms with E-state index >= 15 is 0 Å². The van der Waals surface area contributed by atoms with Gasteiger partial charge >= 0.3 is 6.03 Å². The van der Waals surface area contributed by atoms with Crippen molar-refractivity contribution >= 4 is 47.1 Å². The molecule has 0 saturated carbocycles. The minimum atomic E-state index is -0.794. The highest BCUT2D eigenvalue weighted by Crippen LogP contribution is 2.27. The Balaban J connectivity index is 1.48. The lowest BCUT2D eigenvalue weighted by atomic mass is 10.1. The largest absolute Gasteiger partial charge is 0.490 e. The number of carbonyl (C=O) groups is 3. The van der Waals surface area contributed by atoms with Crippen molar-refractivity contribution in [1.29, 1.82) is 0 Å². The number of imide groups is 2. The van der Waals surface area contributed by atoms with Crippen LogP contribution < -0.4 is 10.1 Å². The van der Waals surface area contributed by atoms with E-state index in [2.05, 4.69) is 5.32 Å². The lowest BCUT2D eigenvalue weighted by Crippen LogP contribution is -2.53. The zero-order valence-electron chi connectivity index (χ0n) is 16.6. The maximum atomic E-state index is 12.8. The second kappa shape index (κ2) is 9.33. The van der Waals surface area contributed by atoms with Gasteiger partial charge in [0.1, 0.15) is 23.7 Å². The molecule has 4 rings (SSSR count). The summed E-state index contributed by atoms with van der Waals surface area (Å²) in [4.78, 5) is 38.2. The van der Waals surface area contributed by atoms with Crippen molar-refractivity contribution in [3.8, 4) is 5.75 Å². The number of aromatic nitrogens is 1. The lowest BCUT2D eigenvalue weighted by molar-refractivity contribution is -0.130. The molecule has 3 heterocycles. The number of amides is 4. The van der Waals surface area contributed by atoms with Crippen molar-refractivity contribution in [2.24, 2.45) is 0 Å². The molecule has 1 aromatic carbocycles. The van der Waals surface area contributed by atoms with Gasteiger partial charge in [0.05, 0.1) is 24.4 Å². The first-order chi connectivity index (χ1) is 15.4. The van der Waals surface area contributed by atoms with Crippen LogP contribution in [0.3, 0.4) is 0 Å². The molecule has 3 aromatic rings. The molecular formula is C22H17Cl2N3O5. The summed E-state index contributed by atoms with van der Waals surface area (Å²) >= 11 is 12.0. The van der Waals surface area contributed by atoms with Crippen LogP contribution in [-0.4, -0.2) is 33.9 Å². The fourth-order valence-corrected chi connectivity index (χ4v) is 3.62. The normalized spacial score (nSPS) is 15.4. The summed E-state index contributed by atoms with van der Waals surface area (Å²) in [5, 5.41) is 3.10. The summed E-state index contributed by atoms with van der Waals surface area (Å²) in [5.41, 5.74) is 0.444. The van der Waals surface area contributed by atoms with Gasteiger partial charge in [-0.1, -0.05) is 23.2 Å². The average Bonchev–Trinajstić information content (AvgIpc) is 3.42. The summed E-state index contributed by atoms with van der Waals surface area (Å²) in [6, 6.07) is 11.0. The molecule has 1 aliphatic heterocycles. The number of nitrogens with one attached hydrogen (secondary N) is 1. The molecule has 8 nitrogen and oxygen atoms in total. The molecule has 10 heteroatoms. The SMILES string of the molecule is O=C1NC(=O)N(Cc2ccco2)C(=O)/C1=C\c1cccn1CCOc1ccc(Cl)cc1Cl. The molecule has 1 saturated heterocycles. The van der Waals surface area contributed by atoms with Crippen molar-refractivity contribution in [1.82, 2.24) is 14.8 Å². The quantitative estimate of drug-likeness (QED) is 0.411. The van der Waals surface area contributed by atoms with Crippen LogP contribution in [0.1, 0.15) is 11.5 Å². The van der Waals surface area contributed by atoms with Gasteiger partial charge < -0.3 is 13.7 Å². The van der Waals surface area contributed by atoms with Crippen molar-refractivity contribution < 1.29 is 23.5 Å². The number of benzene rings is 1. The minimum Gasteiger partial charge on any atom is -0.490 e. The first kappa shape index (κ1) is 21.7. The van der Waals surface area contributed by atoms with Gasteiger partial charge in [-0.05, 0) is 48.5 Å². The van der Waals surface area contributed by atoms with E-state index in [0.717, 1.165) is 4.90 Å². The smallest absolute Gasteiger partial charge is 0.331 e. The Morgan fingerprint density at radius 1 is 1.09 bits per heavy atom. The number of halogens is 2. The van der Waals surface area contributed by atoms with Crippen LogP contribution >= 0.6 is 23.2 Å². The lowest BCUT2D eigenvalue weighted by Gasteiger charge is -2.25. The second-order valence-electron chi connectivity index (χ2n) is 6.84. The molecule has 0 spiro atoms. The molecule has 0 bridgehead atoms. The number of furan rings is 1. The molecule has 0 atom stereocenters. The molecule has 32 heavy (non-hydrogen) atoms. The van der Waals surface area contributed by atoms with Crippen LogP contribution in [0.4, 0.5) is 4.79 Å². The third kappa shape index (κ3) is 4.71. The fraction of sp³-hybridized carbons (Fsp3) is 0.136. The van der Waals surface area contributed by atoms with Gasteiger partial charge in [-0.2, -0.15) is 0 Å². The molecule has 0 unspecified atom stereocenters. The Hall–Kier alpha value is -3.49. The second-order valence-corrected chi connectivity index (χ2v) is 7.68. The molecule has 2 aromatic heterocycles. The van der Waals surface area contributed by atoms with E-state index in [0.29, 0.717) is 33.8 Å². The van der Waals surface area contributed by atoms with E-state index < -0.39 is 17.8 Å². The van der Waals surface area contributed by atoms with E-state index in [1.807, 2.05) is 4.57 Å². The van der Waals surface area contributed by atoms with Crippen LogP contribution in [0.2, 0.25) is 10.0 Å². The maximum absolute atomic E-state index is 12.8. The third-order valence-electron chi connectivity index (χ3n) is 4.72. The van der Waals surface area contributed by atoms with E-state index in [1.54, 1.807) is 48.7 Å². The zero-order valence-corrected chi connectivity index (χ0v) is 18.1. The number of nitrogens with zero attached hydrogens (tertiary/aromatic N) is 2. The van der Waals surface area contributed by atoms with Gasteiger partial charge in [-0.25, -0.2) is 4.79 Å². The first-order valence-corrected chi connectivity index (χ1v) is 10.3. The third-order valence-corrected chi connectivity index (χ3v) is 5.25. The number of carbonyl (C=O) groups excluding carboxylic acids is 3. The molecule has 4 amide bonds. The molecule has 164 valence electrons.